The third kappa shape index (κ3) is 4.18. The summed E-state index contributed by atoms with van der Waals surface area (Å²) in [7, 11) is 0. The highest BCUT2D eigenvalue weighted by Gasteiger charge is 2.12. The summed E-state index contributed by atoms with van der Waals surface area (Å²) in [5.74, 6) is 1.33. The lowest BCUT2D eigenvalue weighted by Gasteiger charge is -2.20. The summed E-state index contributed by atoms with van der Waals surface area (Å²) in [5.41, 5.74) is 1.11. The Kier molecular flexibility index (Phi) is 5.97. The zero-order valence-electron chi connectivity index (χ0n) is 12.0. The maximum Gasteiger partial charge on any atom is 0.121 e. The minimum Gasteiger partial charge on any atom is -0.490 e. The van der Waals surface area contributed by atoms with Gasteiger partial charge < -0.3 is 10.1 Å². The van der Waals surface area contributed by atoms with E-state index in [1.54, 1.807) is 0 Å². The van der Waals surface area contributed by atoms with Crippen LogP contribution >= 0.6 is 11.6 Å². The molecule has 18 heavy (non-hydrogen) atoms. The molecule has 2 unspecified atom stereocenters. The van der Waals surface area contributed by atoms with E-state index >= 15 is 0 Å². The van der Waals surface area contributed by atoms with Gasteiger partial charge in [0.15, 0.2) is 0 Å². The highest BCUT2D eigenvalue weighted by molar-refractivity contribution is 6.31. The number of nitrogens with one attached hydrogen (secondary N) is 1. The van der Waals surface area contributed by atoms with E-state index in [1.807, 2.05) is 18.2 Å². The molecule has 0 aliphatic heterocycles. The zero-order valence-corrected chi connectivity index (χ0v) is 12.7. The minimum atomic E-state index is 0.193. The standard InChI is InChI=1S/C15H24ClNO/c1-6-17-11(4)14-8-7-13(9-15(14)16)18-12(5)10(2)3/h7-12,17H,6H2,1-5H3. The molecule has 0 heterocycles. The van der Waals surface area contributed by atoms with Gasteiger partial charge in [-0.2, -0.15) is 0 Å². The molecule has 0 saturated carbocycles. The van der Waals surface area contributed by atoms with Crippen LogP contribution in [0.3, 0.4) is 0 Å². The molecule has 0 aromatic heterocycles. The molecule has 0 bridgehead atoms. The second kappa shape index (κ2) is 7.01. The van der Waals surface area contributed by atoms with E-state index in [2.05, 4.69) is 39.9 Å². The molecule has 102 valence electrons. The van der Waals surface area contributed by atoms with Gasteiger partial charge in [-0.05, 0) is 44.0 Å². The van der Waals surface area contributed by atoms with Gasteiger partial charge in [0.2, 0.25) is 0 Å². The highest BCUT2D eigenvalue weighted by Crippen LogP contribution is 2.28. The maximum absolute atomic E-state index is 6.30. The van der Waals surface area contributed by atoms with Crippen molar-refractivity contribution in [2.45, 2.75) is 46.8 Å². The van der Waals surface area contributed by atoms with Crippen LogP contribution in [0.5, 0.6) is 5.75 Å². The van der Waals surface area contributed by atoms with Crippen LogP contribution in [0.15, 0.2) is 18.2 Å². The predicted octanol–water partition coefficient (Wildman–Crippen LogP) is 4.43. The van der Waals surface area contributed by atoms with Crippen molar-refractivity contribution in [3.63, 3.8) is 0 Å². The summed E-state index contributed by atoms with van der Waals surface area (Å²) < 4.78 is 5.85. The summed E-state index contributed by atoms with van der Waals surface area (Å²) in [6, 6.07) is 6.20. The molecule has 1 aromatic rings. The molecule has 0 radical (unpaired) electrons. The molecule has 3 heteroatoms. The summed E-state index contributed by atoms with van der Waals surface area (Å²) in [5, 5.41) is 4.12. The Morgan fingerprint density at radius 3 is 2.39 bits per heavy atom. The average molecular weight is 270 g/mol. The molecule has 0 spiro atoms. The molecule has 2 nitrogen and oxygen atoms in total. The molecule has 0 saturated heterocycles. The topological polar surface area (TPSA) is 21.3 Å². The Balaban J connectivity index is 2.79. The van der Waals surface area contributed by atoms with Crippen LogP contribution in [-0.4, -0.2) is 12.6 Å². The Labute approximate surface area is 116 Å². The fourth-order valence-corrected chi connectivity index (χ4v) is 2.03. The van der Waals surface area contributed by atoms with Crippen molar-refractivity contribution in [3.05, 3.63) is 28.8 Å². The maximum atomic E-state index is 6.30. The van der Waals surface area contributed by atoms with E-state index in [1.165, 1.54) is 0 Å². The molecule has 0 aliphatic carbocycles. The van der Waals surface area contributed by atoms with Gasteiger partial charge in [0, 0.05) is 11.1 Å². The van der Waals surface area contributed by atoms with Crippen molar-refractivity contribution >= 4 is 11.6 Å². The van der Waals surface area contributed by atoms with Crippen LogP contribution in [0.4, 0.5) is 0 Å². The lowest BCUT2D eigenvalue weighted by Crippen LogP contribution is -2.19. The Bertz CT molecular complexity index is 379. The fraction of sp³-hybridized carbons (Fsp3) is 0.600. The van der Waals surface area contributed by atoms with Gasteiger partial charge in [0.05, 0.1) is 6.10 Å². The summed E-state index contributed by atoms with van der Waals surface area (Å²) in [6.45, 7) is 11.5. The van der Waals surface area contributed by atoms with Crippen LogP contribution in [0.1, 0.15) is 46.2 Å². The third-order valence-electron chi connectivity index (χ3n) is 3.21. The molecule has 1 aromatic carbocycles. The monoisotopic (exact) mass is 269 g/mol. The molecular formula is C15H24ClNO. The van der Waals surface area contributed by atoms with Gasteiger partial charge in [-0.15, -0.1) is 0 Å². The molecule has 2 atom stereocenters. The number of hydrogen-bond acceptors (Lipinski definition) is 2. The van der Waals surface area contributed by atoms with Gasteiger partial charge in [-0.25, -0.2) is 0 Å². The third-order valence-corrected chi connectivity index (χ3v) is 3.54. The van der Waals surface area contributed by atoms with E-state index in [4.69, 9.17) is 16.3 Å². The van der Waals surface area contributed by atoms with Gasteiger partial charge in [-0.3, -0.25) is 0 Å². The van der Waals surface area contributed by atoms with Gasteiger partial charge >= 0.3 is 0 Å². The lowest BCUT2D eigenvalue weighted by molar-refractivity contribution is 0.170. The van der Waals surface area contributed by atoms with E-state index < -0.39 is 0 Å². The molecular weight excluding hydrogens is 246 g/mol. The van der Waals surface area contributed by atoms with Crippen LogP contribution in [0, 0.1) is 5.92 Å². The first-order valence-electron chi connectivity index (χ1n) is 6.65. The average Bonchev–Trinajstić information content (AvgIpc) is 2.29. The van der Waals surface area contributed by atoms with Gasteiger partial charge in [-0.1, -0.05) is 38.4 Å². The quantitative estimate of drug-likeness (QED) is 0.825. The summed E-state index contributed by atoms with van der Waals surface area (Å²) in [6.07, 6.45) is 0.193. The normalized spacial score (nSPS) is 14.6. The van der Waals surface area contributed by atoms with E-state index in [0.29, 0.717) is 5.92 Å². The molecule has 1 rings (SSSR count). The summed E-state index contributed by atoms with van der Waals surface area (Å²) >= 11 is 6.30. The fourth-order valence-electron chi connectivity index (χ4n) is 1.70. The van der Waals surface area contributed by atoms with Crippen LogP contribution < -0.4 is 10.1 Å². The Hall–Kier alpha value is -0.730. The second-order valence-electron chi connectivity index (χ2n) is 5.03. The summed E-state index contributed by atoms with van der Waals surface area (Å²) in [4.78, 5) is 0. The number of rotatable bonds is 6. The van der Waals surface area contributed by atoms with Crippen molar-refractivity contribution in [2.75, 3.05) is 6.54 Å². The van der Waals surface area contributed by atoms with Gasteiger partial charge in [0.25, 0.3) is 0 Å². The number of ether oxygens (including phenoxy) is 1. The number of benzene rings is 1. The van der Waals surface area contributed by atoms with Crippen LogP contribution in [0.25, 0.3) is 0 Å². The molecule has 1 N–H and O–H groups in total. The van der Waals surface area contributed by atoms with E-state index in [-0.39, 0.29) is 12.1 Å². The number of hydrogen-bond donors (Lipinski definition) is 1. The van der Waals surface area contributed by atoms with Gasteiger partial charge in [0.1, 0.15) is 5.75 Å². The largest absolute Gasteiger partial charge is 0.490 e. The first-order valence-corrected chi connectivity index (χ1v) is 7.03. The van der Waals surface area contributed by atoms with E-state index in [9.17, 15) is 0 Å². The Morgan fingerprint density at radius 2 is 1.89 bits per heavy atom. The number of halogens is 1. The van der Waals surface area contributed by atoms with Crippen LogP contribution in [0.2, 0.25) is 5.02 Å². The molecule has 0 aliphatic rings. The zero-order chi connectivity index (χ0) is 13.7. The van der Waals surface area contributed by atoms with E-state index in [0.717, 1.165) is 22.9 Å². The van der Waals surface area contributed by atoms with Crippen molar-refractivity contribution in [3.8, 4) is 5.75 Å². The van der Waals surface area contributed by atoms with Crippen molar-refractivity contribution in [2.24, 2.45) is 5.92 Å². The smallest absolute Gasteiger partial charge is 0.121 e. The Morgan fingerprint density at radius 1 is 1.22 bits per heavy atom. The highest BCUT2D eigenvalue weighted by atomic mass is 35.5. The predicted molar refractivity (Wildman–Crippen MR) is 78.5 cm³/mol. The van der Waals surface area contributed by atoms with Crippen molar-refractivity contribution in [1.82, 2.24) is 5.32 Å². The minimum absolute atomic E-state index is 0.193. The van der Waals surface area contributed by atoms with Crippen molar-refractivity contribution < 1.29 is 4.74 Å². The second-order valence-corrected chi connectivity index (χ2v) is 5.44. The van der Waals surface area contributed by atoms with Crippen LogP contribution in [-0.2, 0) is 0 Å². The lowest BCUT2D eigenvalue weighted by atomic mass is 10.1. The molecule has 0 amide bonds. The first-order chi connectivity index (χ1) is 8.45. The first kappa shape index (κ1) is 15.3. The molecule has 0 fully saturated rings. The van der Waals surface area contributed by atoms with Crippen molar-refractivity contribution in [1.29, 1.82) is 0 Å². The SMILES string of the molecule is CCNC(C)c1ccc(OC(C)C(C)C)cc1Cl.